The summed E-state index contributed by atoms with van der Waals surface area (Å²) in [5.41, 5.74) is 9.03. The molecule has 0 aliphatic heterocycles. The summed E-state index contributed by atoms with van der Waals surface area (Å²) in [6, 6.07) is 60.8. The van der Waals surface area contributed by atoms with Crippen LogP contribution in [0.4, 0.5) is 0 Å². The maximum absolute atomic E-state index is 6.99. The van der Waals surface area contributed by atoms with Crippen molar-refractivity contribution in [3.8, 4) is 44.7 Å². The van der Waals surface area contributed by atoms with Crippen LogP contribution in [0.3, 0.4) is 0 Å². The predicted octanol–water partition coefficient (Wildman–Crippen LogP) is 12.6. The van der Waals surface area contributed by atoms with Crippen LogP contribution in [-0.2, 0) is 0 Å². The minimum atomic E-state index is 0.894. The molecule has 0 aliphatic carbocycles. The first kappa shape index (κ1) is 25.6. The van der Waals surface area contributed by atoms with Crippen LogP contribution in [0.1, 0.15) is 0 Å². The first-order valence-electron chi connectivity index (χ1n) is 15.4. The van der Waals surface area contributed by atoms with Crippen molar-refractivity contribution in [1.29, 1.82) is 0 Å². The smallest absolute Gasteiger partial charge is 0.143 e. The second-order valence-electron chi connectivity index (χ2n) is 11.6. The molecule has 8 aromatic carbocycles. The van der Waals surface area contributed by atoms with Gasteiger partial charge in [-0.1, -0.05) is 164 Å². The largest absolute Gasteiger partial charge is 0.455 e. The van der Waals surface area contributed by atoms with E-state index in [1.807, 2.05) is 0 Å². The van der Waals surface area contributed by atoms with Crippen LogP contribution in [0, 0.1) is 0 Å². The van der Waals surface area contributed by atoms with Gasteiger partial charge in [0.1, 0.15) is 11.3 Å². The van der Waals surface area contributed by atoms with Crippen LogP contribution >= 0.6 is 0 Å². The fraction of sp³-hybridized carbons (Fsp3) is 0. The predicted molar refractivity (Wildman–Crippen MR) is 190 cm³/mol. The highest BCUT2D eigenvalue weighted by atomic mass is 16.3. The van der Waals surface area contributed by atoms with Crippen molar-refractivity contribution < 1.29 is 4.42 Å². The highest BCUT2D eigenvalue weighted by Gasteiger charge is 2.23. The normalized spacial score (nSPS) is 11.6. The zero-order valence-electron chi connectivity index (χ0n) is 24.6. The number of hydrogen-bond donors (Lipinski definition) is 0. The lowest BCUT2D eigenvalue weighted by Crippen LogP contribution is -1.91. The molecular formula is C44H28O. The van der Waals surface area contributed by atoms with Crippen molar-refractivity contribution in [3.05, 3.63) is 170 Å². The van der Waals surface area contributed by atoms with E-state index in [9.17, 15) is 0 Å². The molecule has 45 heavy (non-hydrogen) atoms. The fourth-order valence-electron chi connectivity index (χ4n) is 7.07. The minimum absolute atomic E-state index is 0.894. The van der Waals surface area contributed by atoms with E-state index in [1.54, 1.807) is 0 Å². The van der Waals surface area contributed by atoms with E-state index >= 15 is 0 Å². The van der Waals surface area contributed by atoms with Crippen LogP contribution in [0.25, 0.3) is 88.0 Å². The molecule has 0 unspecified atom stereocenters. The van der Waals surface area contributed by atoms with Crippen molar-refractivity contribution in [3.63, 3.8) is 0 Å². The van der Waals surface area contributed by atoms with Crippen molar-refractivity contribution in [2.75, 3.05) is 0 Å². The first-order chi connectivity index (χ1) is 22.3. The second-order valence-corrected chi connectivity index (χ2v) is 11.6. The van der Waals surface area contributed by atoms with Gasteiger partial charge in [-0.25, -0.2) is 0 Å². The summed E-state index contributed by atoms with van der Waals surface area (Å²) in [7, 11) is 0. The summed E-state index contributed by atoms with van der Waals surface area (Å²) in [6.07, 6.45) is 0. The van der Waals surface area contributed by atoms with Gasteiger partial charge in [0.05, 0.1) is 0 Å². The van der Waals surface area contributed by atoms with Gasteiger partial charge in [0.25, 0.3) is 0 Å². The Morgan fingerprint density at radius 2 is 0.844 bits per heavy atom. The van der Waals surface area contributed by atoms with E-state index in [-0.39, 0.29) is 0 Å². The Balaban J connectivity index is 1.39. The molecule has 1 aromatic heterocycles. The lowest BCUT2D eigenvalue weighted by atomic mass is 9.85. The van der Waals surface area contributed by atoms with E-state index in [0.29, 0.717) is 0 Å². The Hall–Kier alpha value is -5.92. The van der Waals surface area contributed by atoms with Crippen molar-refractivity contribution in [2.24, 2.45) is 0 Å². The average Bonchev–Trinajstić information content (AvgIpc) is 3.51. The van der Waals surface area contributed by atoms with Crippen LogP contribution in [0.2, 0.25) is 0 Å². The van der Waals surface area contributed by atoms with Gasteiger partial charge in [-0.05, 0) is 55.1 Å². The molecule has 0 saturated carbocycles. The van der Waals surface area contributed by atoms with Gasteiger partial charge in [-0.15, -0.1) is 0 Å². The number of furan rings is 1. The third-order valence-electron chi connectivity index (χ3n) is 9.05. The second kappa shape index (κ2) is 10.4. The van der Waals surface area contributed by atoms with Crippen molar-refractivity contribution in [2.45, 2.75) is 0 Å². The number of fused-ring (bicyclic) bond motifs is 4. The Morgan fingerprint density at radius 3 is 1.51 bits per heavy atom. The van der Waals surface area contributed by atoms with Gasteiger partial charge < -0.3 is 4.42 Å². The number of rotatable bonds is 4. The SMILES string of the molecule is c1ccc(-c2oc3c(-c4c5ccccc5c(-c5ccc6ccccc6c5)c5ccccc45)cccc3c2-c2ccccc2)cc1. The average molecular weight is 573 g/mol. The van der Waals surface area contributed by atoms with Crippen LogP contribution in [0.15, 0.2) is 174 Å². The summed E-state index contributed by atoms with van der Waals surface area (Å²) in [5.74, 6) is 0.894. The molecule has 0 bridgehead atoms. The third kappa shape index (κ3) is 4.09. The van der Waals surface area contributed by atoms with Gasteiger partial charge in [-0.2, -0.15) is 0 Å². The molecule has 1 nitrogen and oxygen atoms in total. The third-order valence-corrected chi connectivity index (χ3v) is 9.05. The molecule has 0 fully saturated rings. The minimum Gasteiger partial charge on any atom is -0.455 e. The van der Waals surface area contributed by atoms with E-state index < -0.39 is 0 Å². The summed E-state index contributed by atoms with van der Waals surface area (Å²) in [4.78, 5) is 0. The van der Waals surface area contributed by atoms with E-state index in [2.05, 4.69) is 170 Å². The molecule has 0 N–H and O–H groups in total. The Bertz CT molecular complexity index is 2460. The molecule has 0 atom stereocenters. The first-order valence-corrected chi connectivity index (χ1v) is 15.4. The summed E-state index contributed by atoms with van der Waals surface area (Å²) >= 11 is 0. The summed E-state index contributed by atoms with van der Waals surface area (Å²) < 4.78 is 6.99. The lowest BCUT2D eigenvalue weighted by molar-refractivity contribution is 0.633. The molecular weight excluding hydrogens is 544 g/mol. The Labute approximate surface area is 261 Å². The number of benzene rings is 8. The highest BCUT2D eigenvalue weighted by Crippen LogP contribution is 2.49. The standard InChI is InChI=1S/C44H28O/c1-3-15-30(16-4-1)41-38-24-13-25-39(44(38)45-43(41)31-17-5-2-6-18-31)42-36-22-11-9-20-34(36)40(35-21-10-12-23-37(35)42)33-27-26-29-14-7-8-19-32(29)28-33/h1-28H. The molecule has 0 aliphatic rings. The van der Waals surface area contributed by atoms with Crippen LogP contribution in [-0.4, -0.2) is 0 Å². The molecule has 0 spiro atoms. The summed E-state index contributed by atoms with van der Waals surface area (Å²) in [5, 5.41) is 8.50. The topological polar surface area (TPSA) is 13.1 Å². The van der Waals surface area contributed by atoms with Gasteiger partial charge in [0.15, 0.2) is 0 Å². The van der Waals surface area contributed by atoms with Crippen molar-refractivity contribution in [1.82, 2.24) is 0 Å². The molecule has 0 amide bonds. The maximum Gasteiger partial charge on any atom is 0.143 e. The van der Waals surface area contributed by atoms with Crippen LogP contribution in [0.5, 0.6) is 0 Å². The molecule has 210 valence electrons. The fourth-order valence-corrected chi connectivity index (χ4v) is 7.07. The van der Waals surface area contributed by atoms with Gasteiger partial charge in [-0.3, -0.25) is 0 Å². The molecule has 1 heterocycles. The van der Waals surface area contributed by atoms with Crippen LogP contribution < -0.4 is 0 Å². The molecule has 9 aromatic rings. The summed E-state index contributed by atoms with van der Waals surface area (Å²) in [6.45, 7) is 0. The van der Waals surface area contributed by atoms with Gasteiger partial charge >= 0.3 is 0 Å². The van der Waals surface area contributed by atoms with Crippen molar-refractivity contribution >= 4 is 43.3 Å². The molecule has 0 radical (unpaired) electrons. The number of hydrogen-bond acceptors (Lipinski definition) is 1. The quantitative estimate of drug-likeness (QED) is 0.191. The van der Waals surface area contributed by atoms with E-state index in [4.69, 9.17) is 4.42 Å². The van der Waals surface area contributed by atoms with E-state index in [0.717, 1.165) is 39.0 Å². The van der Waals surface area contributed by atoms with Gasteiger partial charge in [0, 0.05) is 27.6 Å². The molecule has 9 rings (SSSR count). The monoisotopic (exact) mass is 572 g/mol. The highest BCUT2D eigenvalue weighted by molar-refractivity contribution is 6.24. The van der Waals surface area contributed by atoms with Gasteiger partial charge in [0.2, 0.25) is 0 Å². The van der Waals surface area contributed by atoms with E-state index in [1.165, 1.54) is 49.0 Å². The lowest BCUT2D eigenvalue weighted by Gasteiger charge is -2.18. The zero-order chi connectivity index (χ0) is 29.7. The Kier molecular flexibility index (Phi) is 5.89. The maximum atomic E-state index is 6.99. The zero-order valence-corrected chi connectivity index (χ0v) is 24.6. The molecule has 0 saturated heterocycles. The number of para-hydroxylation sites is 1. The molecule has 1 heteroatoms. The Morgan fingerprint density at radius 1 is 0.311 bits per heavy atom.